The number of ether oxygens (including phenoxy) is 1. The summed E-state index contributed by atoms with van der Waals surface area (Å²) in [6.45, 7) is 0. The fraction of sp³-hybridized carbons (Fsp3) is 0.312. The minimum atomic E-state index is 0.208. The fourth-order valence-corrected chi connectivity index (χ4v) is 2.45. The maximum absolute atomic E-state index is 5.32. The molecule has 1 N–H and O–H groups in total. The Morgan fingerprint density at radius 2 is 2.35 bits per heavy atom. The molecule has 0 spiro atoms. The molecule has 4 heteroatoms. The van der Waals surface area contributed by atoms with Crippen LogP contribution in [0.15, 0.2) is 59.6 Å². The van der Waals surface area contributed by atoms with Crippen LogP contribution in [0.2, 0.25) is 0 Å². The smallest absolute Gasteiger partial charge is 0.0789 e. The van der Waals surface area contributed by atoms with Crippen molar-refractivity contribution >= 4 is 17.7 Å². The van der Waals surface area contributed by atoms with Crippen LogP contribution < -0.4 is 5.32 Å². The molecule has 0 bridgehead atoms. The van der Waals surface area contributed by atoms with E-state index in [0.717, 1.165) is 24.2 Å². The first-order valence-electron chi connectivity index (χ1n) is 6.68. The molecule has 0 aromatic heterocycles. The van der Waals surface area contributed by atoms with Crippen LogP contribution in [0.5, 0.6) is 0 Å². The molecule has 1 unspecified atom stereocenters. The molecule has 3 nitrogen and oxygen atoms in total. The summed E-state index contributed by atoms with van der Waals surface area (Å²) < 4.78 is 5.32. The summed E-state index contributed by atoms with van der Waals surface area (Å²) >= 11 is 5.06. The average Bonchev–Trinajstić information content (AvgIpc) is 2.53. The topological polar surface area (TPSA) is 24.5 Å². The van der Waals surface area contributed by atoms with Crippen molar-refractivity contribution in [2.24, 2.45) is 0 Å². The number of nitrogens with one attached hydrogen (secondary N) is 1. The Bertz CT molecular complexity index is 515. The van der Waals surface area contributed by atoms with Gasteiger partial charge in [-0.25, -0.2) is 0 Å². The van der Waals surface area contributed by atoms with Crippen LogP contribution in [-0.2, 0) is 4.74 Å². The van der Waals surface area contributed by atoms with E-state index in [2.05, 4.69) is 29.6 Å². The van der Waals surface area contributed by atoms with Gasteiger partial charge in [0.25, 0.3) is 0 Å². The zero-order valence-corrected chi connectivity index (χ0v) is 12.7. The third kappa shape index (κ3) is 3.46. The van der Waals surface area contributed by atoms with Gasteiger partial charge in [-0.05, 0) is 24.1 Å². The summed E-state index contributed by atoms with van der Waals surface area (Å²) in [4.78, 5) is 1.95. The Hall–Kier alpha value is -1.65. The predicted molar refractivity (Wildman–Crippen MR) is 87.1 cm³/mol. The van der Waals surface area contributed by atoms with Crippen molar-refractivity contribution in [3.8, 4) is 0 Å². The van der Waals surface area contributed by atoms with Crippen molar-refractivity contribution in [3.63, 3.8) is 0 Å². The monoisotopic (exact) mass is 288 g/mol. The lowest BCUT2D eigenvalue weighted by Crippen LogP contribution is -2.21. The highest BCUT2D eigenvalue weighted by Gasteiger charge is 2.13. The summed E-state index contributed by atoms with van der Waals surface area (Å²) in [5, 5.41) is 3.29. The quantitative estimate of drug-likeness (QED) is 0.786. The first-order valence-corrected chi connectivity index (χ1v) is 7.15. The molecule has 0 saturated heterocycles. The molecule has 1 atom stereocenters. The molecule has 0 saturated carbocycles. The molecule has 0 radical (unpaired) electrons. The molecular formula is C16H20N2OS. The van der Waals surface area contributed by atoms with Crippen LogP contribution >= 0.6 is 12.2 Å². The lowest BCUT2D eigenvalue weighted by atomic mass is 10.00. The minimum absolute atomic E-state index is 0.208. The van der Waals surface area contributed by atoms with Crippen LogP contribution in [-0.4, -0.2) is 30.7 Å². The van der Waals surface area contributed by atoms with Crippen molar-refractivity contribution in [2.45, 2.75) is 18.9 Å². The van der Waals surface area contributed by atoms with Crippen LogP contribution in [0, 0.1) is 0 Å². The molecule has 2 aliphatic rings. The molecular weight excluding hydrogens is 268 g/mol. The van der Waals surface area contributed by atoms with Gasteiger partial charge in [0.1, 0.15) is 0 Å². The van der Waals surface area contributed by atoms with Crippen molar-refractivity contribution in [3.05, 3.63) is 59.6 Å². The molecule has 1 aliphatic carbocycles. The Kier molecular flexibility index (Phi) is 5.32. The molecule has 1 heterocycles. The molecule has 0 amide bonds. The second-order valence-corrected chi connectivity index (χ2v) is 4.86. The Balaban J connectivity index is 2.15. The molecule has 106 valence electrons. The van der Waals surface area contributed by atoms with Gasteiger partial charge in [0.15, 0.2) is 0 Å². The van der Waals surface area contributed by atoms with Gasteiger partial charge in [0.2, 0.25) is 0 Å². The van der Waals surface area contributed by atoms with Gasteiger partial charge in [0, 0.05) is 32.5 Å². The molecule has 0 aromatic rings. The zero-order chi connectivity index (χ0) is 14.4. The van der Waals surface area contributed by atoms with Gasteiger partial charge in [0.05, 0.1) is 17.3 Å². The summed E-state index contributed by atoms with van der Waals surface area (Å²) in [6, 6.07) is 0. The largest absolute Gasteiger partial charge is 0.389 e. The fourth-order valence-electron chi connectivity index (χ4n) is 2.27. The lowest BCUT2D eigenvalue weighted by Gasteiger charge is -2.23. The van der Waals surface area contributed by atoms with E-state index in [-0.39, 0.29) is 6.10 Å². The second kappa shape index (κ2) is 7.22. The third-order valence-electron chi connectivity index (χ3n) is 3.44. The zero-order valence-electron chi connectivity index (χ0n) is 11.9. The van der Waals surface area contributed by atoms with Gasteiger partial charge < -0.3 is 15.0 Å². The normalized spacial score (nSPS) is 23.6. The van der Waals surface area contributed by atoms with E-state index in [1.165, 1.54) is 5.57 Å². The summed E-state index contributed by atoms with van der Waals surface area (Å²) in [7, 11) is 3.69. The highest BCUT2D eigenvalue weighted by Crippen LogP contribution is 2.23. The summed E-state index contributed by atoms with van der Waals surface area (Å²) in [5.74, 6) is 0. The van der Waals surface area contributed by atoms with Crippen molar-refractivity contribution in [1.29, 1.82) is 0 Å². The highest BCUT2D eigenvalue weighted by atomic mass is 32.1. The highest BCUT2D eigenvalue weighted by molar-refractivity contribution is 7.78. The average molecular weight is 288 g/mol. The van der Waals surface area contributed by atoms with Crippen LogP contribution in [0.3, 0.4) is 0 Å². The first kappa shape index (κ1) is 14.8. The first-order chi connectivity index (χ1) is 9.78. The van der Waals surface area contributed by atoms with Crippen molar-refractivity contribution < 1.29 is 4.74 Å². The van der Waals surface area contributed by atoms with Gasteiger partial charge in [-0.1, -0.05) is 36.5 Å². The standard InChI is InChI=1S/C16H20N2OS/c1-17-15(16-5-3-4-10-18(16)12-20)11-13-6-8-14(19-2)9-7-13/h3-8,10,12,14,17H,9,11H2,1-2H3/b16-15-. The number of allylic oxidation sites excluding steroid dienone is 5. The number of nitrogens with zero attached hydrogens (tertiary/aromatic N) is 1. The van der Waals surface area contributed by atoms with E-state index in [4.69, 9.17) is 17.0 Å². The van der Waals surface area contributed by atoms with Crippen molar-refractivity contribution in [2.75, 3.05) is 14.2 Å². The van der Waals surface area contributed by atoms with Crippen LogP contribution in [0.4, 0.5) is 0 Å². The van der Waals surface area contributed by atoms with Crippen molar-refractivity contribution in [1.82, 2.24) is 10.2 Å². The molecule has 0 fully saturated rings. The van der Waals surface area contributed by atoms with E-state index in [9.17, 15) is 0 Å². The molecule has 1 aliphatic heterocycles. The van der Waals surface area contributed by atoms with Gasteiger partial charge in [-0.15, -0.1) is 0 Å². The SMILES string of the molecule is CN/C(CC1=CCC(OC)C=C1)=C1/C=CC=CN1C=S. The number of methoxy groups -OCH3 is 1. The Morgan fingerprint density at radius 3 is 2.95 bits per heavy atom. The van der Waals surface area contributed by atoms with E-state index in [1.807, 2.05) is 30.3 Å². The van der Waals surface area contributed by atoms with Crippen LogP contribution in [0.25, 0.3) is 0 Å². The molecule has 2 rings (SSSR count). The van der Waals surface area contributed by atoms with E-state index >= 15 is 0 Å². The minimum Gasteiger partial charge on any atom is -0.389 e. The number of thiocarbonyl (C=S) groups is 1. The van der Waals surface area contributed by atoms with E-state index in [1.54, 1.807) is 12.6 Å². The molecule has 0 aromatic carbocycles. The maximum Gasteiger partial charge on any atom is 0.0789 e. The summed E-state index contributed by atoms with van der Waals surface area (Å²) in [6.07, 6.45) is 16.5. The lowest BCUT2D eigenvalue weighted by molar-refractivity contribution is 0.142. The van der Waals surface area contributed by atoms with E-state index in [0.29, 0.717) is 0 Å². The Morgan fingerprint density at radius 1 is 1.50 bits per heavy atom. The number of hydrogen-bond acceptors (Lipinski definition) is 3. The van der Waals surface area contributed by atoms with Crippen LogP contribution in [0.1, 0.15) is 12.8 Å². The van der Waals surface area contributed by atoms with Gasteiger partial charge in [-0.2, -0.15) is 0 Å². The summed E-state index contributed by atoms with van der Waals surface area (Å²) in [5.41, 5.74) is 5.19. The maximum atomic E-state index is 5.32. The second-order valence-electron chi connectivity index (χ2n) is 4.65. The Labute approximate surface area is 126 Å². The predicted octanol–water partition coefficient (Wildman–Crippen LogP) is 3.05. The van der Waals surface area contributed by atoms with Gasteiger partial charge >= 0.3 is 0 Å². The number of hydrogen-bond donors (Lipinski definition) is 1. The van der Waals surface area contributed by atoms with Gasteiger partial charge in [-0.3, -0.25) is 0 Å². The molecule has 20 heavy (non-hydrogen) atoms. The third-order valence-corrected chi connectivity index (χ3v) is 3.66. The van der Waals surface area contributed by atoms with E-state index < -0.39 is 0 Å². The number of rotatable bonds is 5.